The highest BCUT2D eigenvalue weighted by molar-refractivity contribution is 7.91. The highest BCUT2D eigenvalue weighted by Gasteiger charge is 2.23. The lowest BCUT2D eigenvalue weighted by Gasteiger charge is -2.15. The Hall–Kier alpha value is -2.09. The summed E-state index contributed by atoms with van der Waals surface area (Å²) < 4.78 is 22.9. The molecule has 1 atom stereocenters. The van der Waals surface area contributed by atoms with Crippen molar-refractivity contribution in [2.45, 2.75) is 19.4 Å². The maximum atomic E-state index is 12.1. The molecule has 0 fully saturated rings. The Bertz CT molecular complexity index is 653. The van der Waals surface area contributed by atoms with E-state index in [1.165, 1.54) is 6.92 Å². The number of hydrogen-bond donors (Lipinski definition) is 2. The number of carbonyl (C=O) groups excluding carboxylic acids is 1. The van der Waals surface area contributed by atoms with E-state index in [1.807, 2.05) is 19.0 Å². The molecule has 0 aliphatic carbocycles. The number of carboxylic acids is 1. The van der Waals surface area contributed by atoms with E-state index < -0.39 is 27.8 Å². The Morgan fingerprint density at radius 2 is 1.78 bits per heavy atom. The van der Waals surface area contributed by atoms with Crippen LogP contribution < -0.4 is 10.2 Å². The number of amides is 1. The molecule has 0 radical (unpaired) electrons. The summed E-state index contributed by atoms with van der Waals surface area (Å²) in [4.78, 5) is 25.2. The lowest BCUT2D eigenvalue weighted by atomic mass is 10.1. The molecule has 0 aromatic heterocycles. The minimum atomic E-state index is -3.28. The fourth-order valence-electron chi connectivity index (χ4n) is 1.85. The van der Waals surface area contributed by atoms with Gasteiger partial charge in [0.05, 0.1) is 5.75 Å². The molecule has 1 amide bonds. The molecule has 0 saturated carbocycles. The molecule has 23 heavy (non-hydrogen) atoms. The molecular weight excluding hydrogens is 320 g/mol. The van der Waals surface area contributed by atoms with Gasteiger partial charge in [0, 0.05) is 31.1 Å². The predicted molar refractivity (Wildman–Crippen MR) is 88.6 cm³/mol. The van der Waals surface area contributed by atoms with E-state index in [-0.39, 0.29) is 17.9 Å². The van der Waals surface area contributed by atoms with Crippen molar-refractivity contribution in [1.29, 1.82) is 0 Å². The van der Waals surface area contributed by atoms with Gasteiger partial charge in [0.2, 0.25) is 0 Å². The molecule has 0 heterocycles. The van der Waals surface area contributed by atoms with E-state index in [0.29, 0.717) is 5.56 Å². The Morgan fingerprint density at radius 3 is 2.22 bits per heavy atom. The standard InChI is InChI=1S/C15H22N2O5S/c1-4-23(21,22)10-9-13(15(19)20)16-14(18)11-5-7-12(8-6-11)17(2)3/h5-8,13H,4,9-10H2,1-3H3,(H,16,18)(H,19,20). The Balaban J connectivity index is 2.76. The first-order chi connectivity index (χ1) is 10.7. The lowest BCUT2D eigenvalue weighted by molar-refractivity contribution is -0.139. The van der Waals surface area contributed by atoms with Gasteiger partial charge in [-0.1, -0.05) is 6.92 Å². The third-order valence-electron chi connectivity index (χ3n) is 3.41. The van der Waals surface area contributed by atoms with Crippen LogP contribution in [-0.2, 0) is 14.6 Å². The number of nitrogens with one attached hydrogen (secondary N) is 1. The van der Waals surface area contributed by atoms with Crippen molar-refractivity contribution in [3.05, 3.63) is 29.8 Å². The normalized spacial score (nSPS) is 12.5. The van der Waals surface area contributed by atoms with E-state index in [9.17, 15) is 18.0 Å². The van der Waals surface area contributed by atoms with Crippen molar-refractivity contribution in [2.24, 2.45) is 0 Å². The van der Waals surface area contributed by atoms with Crippen molar-refractivity contribution in [3.63, 3.8) is 0 Å². The maximum absolute atomic E-state index is 12.1. The summed E-state index contributed by atoms with van der Waals surface area (Å²) in [6, 6.07) is 5.43. The molecule has 1 aromatic rings. The molecular formula is C15H22N2O5S. The number of nitrogens with zero attached hydrogens (tertiary/aromatic N) is 1. The lowest BCUT2D eigenvalue weighted by Crippen LogP contribution is -2.42. The number of anilines is 1. The van der Waals surface area contributed by atoms with Crippen molar-refractivity contribution < 1.29 is 23.1 Å². The predicted octanol–water partition coefficient (Wildman–Crippen LogP) is 0.760. The number of sulfone groups is 1. The summed E-state index contributed by atoms with van der Waals surface area (Å²) in [6.07, 6.45) is -0.160. The zero-order chi connectivity index (χ0) is 17.6. The highest BCUT2D eigenvalue weighted by atomic mass is 32.2. The summed E-state index contributed by atoms with van der Waals surface area (Å²) in [5.74, 6) is -2.13. The largest absolute Gasteiger partial charge is 0.480 e. The Kier molecular flexibility index (Phi) is 6.56. The minimum absolute atomic E-state index is 0.0563. The third-order valence-corrected chi connectivity index (χ3v) is 5.14. The summed E-state index contributed by atoms with van der Waals surface area (Å²) in [7, 11) is 0.446. The monoisotopic (exact) mass is 342 g/mol. The summed E-state index contributed by atoms with van der Waals surface area (Å²) >= 11 is 0. The van der Waals surface area contributed by atoms with Crippen LogP contribution in [0.1, 0.15) is 23.7 Å². The quantitative estimate of drug-likeness (QED) is 0.723. The zero-order valence-electron chi connectivity index (χ0n) is 13.4. The third kappa shape index (κ3) is 5.90. The molecule has 1 rings (SSSR count). The Morgan fingerprint density at radius 1 is 1.22 bits per heavy atom. The van der Waals surface area contributed by atoms with Crippen LogP contribution in [-0.4, -0.2) is 57.0 Å². The van der Waals surface area contributed by atoms with Crippen LogP contribution in [0.25, 0.3) is 0 Å². The molecule has 0 aliphatic rings. The van der Waals surface area contributed by atoms with Crippen LogP contribution in [0.3, 0.4) is 0 Å². The second-order valence-electron chi connectivity index (χ2n) is 5.33. The van der Waals surface area contributed by atoms with E-state index in [1.54, 1.807) is 24.3 Å². The van der Waals surface area contributed by atoms with Gasteiger partial charge in [-0.25, -0.2) is 13.2 Å². The minimum Gasteiger partial charge on any atom is -0.480 e. The molecule has 0 spiro atoms. The smallest absolute Gasteiger partial charge is 0.326 e. The summed E-state index contributed by atoms with van der Waals surface area (Å²) in [6.45, 7) is 1.50. The maximum Gasteiger partial charge on any atom is 0.326 e. The number of rotatable bonds is 8. The molecule has 7 nitrogen and oxygen atoms in total. The number of aliphatic carboxylic acids is 1. The second-order valence-corrected chi connectivity index (χ2v) is 7.80. The van der Waals surface area contributed by atoms with Crippen LogP contribution in [0.4, 0.5) is 5.69 Å². The molecule has 0 saturated heterocycles. The van der Waals surface area contributed by atoms with Gasteiger partial charge in [-0.2, -0.15) is 0 Å². The van der Waals surface area contributed by atoms with E-state index in [4.69, 9.17) is 5.11 Å². The van der Waals surface area contributed by atoms with E-state index in [2.05, 4.69) is 5.32 Å². The van der Waals surface area contributed by atoms with Gasteiger partial charge in [-0.15, -0.1) is 0 Å². The van der Waals surface area contributed by atoms with Crippen LogP contribution in [0, 0.1) is 0 Å². The molecule has 1 unspecified atom stereocenters. The van der Waals surface area contributed by atoms with Crippen LogP contribution >= 0.6 is 0 Å². The van der Waals surface area contributed by atoms with Gasteiger partial charge in [-0.3, -0.25) is 4.79 Å². The first-order valence-electron chi connectivity index (χ1n) is 7.17. The fourth-order valence-corrected chi connectivity index (χ4v) is 2.74. The first-order valence-corrected chi connectivity index (χ1v) is 9.00. The molecule has 0 bridgehead atoms. The highest BCUT2D eigenvalue weighted by Crippen LogP contribution is 2.12. The van der Waals surface area contributed by atoms with E-state index in [0.717, 1.165) is 5.69 Å². The molecule has 128 valence electrons. The fraction of sp³-hybridized carbons (Fsp3) is 0.467. The Labute approximate surface area is 136 Å². The van der Waals surface area contributed by atoms with Gasteiger partial charge in [0.15, 0.2) is 0 Å². The van der Waals surface area contributed by atoms with Gasteiger partial charge in [0.1, 0.15) is 15.9 Å². The van der Waals surface area contributed by atoms with Crippen molar-refractivity contribution in [3.8, 4) is 0 Å². The van der Waals surface area contributed by atoms with Gasteiger partial charge in [0.25, 0.3) is 5.91 Å². The summed E-state index contributed by atoms with van der Waals surface area (Å²) in [5.41, 5.74) is 1.23. The second kappa shape index (κ2) is 7.96. The number of carboxylic acid groups (broad SMARTS) is 1. The van der Waals surface area contributed by atoms with Crippen molar-refractivity contribution in [1.82, 2.24) is 5.32 Å². The topological polar surface area (TPSA) is 104 Å². The van der Waals surface area contributed by atoms with E-state index >= 15 is 0 Å². The molecule has 2 N–H and O–H groups in total. The number of hydrogen-bond acceptors (Lipinski definition) is 5. The average Bonchev–Trinajstić information content (AvgIpc) is 2.51. The van der Waals surface area contributed by atoms with Gasteiger partial charge < -0.3 is 15.3 Å². The zero-order valence-corrected chi connectivity index (χ0v) is 14.3. The van der Waals surface area contributed by atoms with Crippen LogP contribution in [0.5, 0.6) is 0 Å². The number of benzene rings is 1. The van der Waals surface area contributed by atoms with Gasteiger partial charge >= 0.3 is 5.97 Å². The van der Waals surface area contributed by atoms with Gasteiger partial charge in [-0.05, 0) is 30.7 Å². The van der Waals surface area contributed by atoms with Crippen LogP contribution in [0.15, 0.2) is 24.3 Å². The SMILES string of the molecule is CCS(=O)(=O)CCC(NC(=O)c1ccc(N(C)C)cc1)C(=O)O. The number of carbonyl (C=O) groups is 2. The first kappa shape index (κ1) is 19.0. The van der Waals surface area contributed by atoms with Crippen LogP contribution in [0.2, 0.25) is 0 Å². The molecule has 0 aliphatic heterocycles. The molecule has 8 heteroatoms. The average molecular weight is 342 g/mol. The summed E-state index contributed by atoms with van der Waals surface area (Å²) in [5, 5.41) is 11.5. The van der Waals surface area contributed by atoms with Crippen molar-refractivity contribution >= 4 is 27.4 Å². The molecule has 1 aromatic carbocycles. The van der Waals surface area contributed by atoms with Crippen molar-refractivity contribution in [2.75, 3.05) is 30.5 Å².